The number of anilines is 1. The van der Waals surface area contributed by atoms with Crippen molar-refractivity contribution in [1.29, 1.82) is 0 Å². The monoisotopic (exact) mass is 589 g/mol. The van der Waals surface area contributed by atoms with E-state index in [2.05, 4.69) is 24.1 Å². The molecule has 0 aromatic heterocycles. The summed E-state index contributed by atoms with van der Waals surface area (Å²) in [4.78, 5) is 33.4. The third kappa shape index (κ3) is 8.68. The van der Waals surface area contributed by atoms with E-state index in [0.29, 0.717) is 35.6 Å². The molecule has 3 aromatic rings. The van der Waals surface area contributed by atoms with Gasteiger partial charge in [0, 0.05) is 47.9 Å². The quantitative estimate of drug-likeness (QED) is 0.288. The zero-order valence-electron chi connectivity index (χ0n) is 22.2. The first-order valence-electron chi connectivity index (χ1n) is 12.9. The molecule has 40 heavy (non-hydrogen) atoms. The van der Waals surface area contributed by atoms with Gasteiger partial charge >= 0.3 is 6.15 Å². The molecule has 212 valence electrons. The number of amides is 1. The third-order valence-electron chi connectivity index (χ3n) is 6.45. The SMILES string of the molecule is CC(C)CNCCC(=O)N(c1cc(F)cc(F)c1)C1CN(C(c2ccc(Cl)cc2)c2ccc(Cl)cc2)C1.O=C=O. The van der Waals surface area contributed by atoms with Crippen molar-refractivity contribution >= 4 is 40.9 Å². The van der Waals surface area contributed by atoms with E-state index in [1.807, 2.05) is 48.5 Å². The molecular weight excluding hydrogens is 559 g/mol. The smallest absolute Gasteiger partial charge is 0.316 e. The van der Waals surface area contributed by atoms with Crippen LogP contribution in [0.5, 0.6) is 0 Å². The Bertz CT molecular complexity index is 1230. The molecule has 0 radical (unpaired) electrons. The van der Waals surface area contributed by atoms with E-state index in [1.165, 1.54) is 12.1 Å². The molecule has 0 bridgehead atoms. The van der Waals surface area contributed by atoms with Gasteiger partial charge in [-0.25, -0.2) is 8.78 Å². The standard InChI is InChI=1S/C29H31Cl2F2N3O.CO2/c1-19(2)16-34-12-11-28(37)36(26-14-24(32)13-25(33)15-26)27-17-35(18-27)29(20-3-7-22(30)8-4-20)21-5-9-23(31)10-6-21;2-1-3/h3-10,13-15,19,27,29,34H,11-12,16-18H2,1-2H3;. The predicted molar refractivity (Wildman–Crippen MR) is 151 cm³/mol. The van der Waals surface area contributed by atoms with Crippen molar-refractivity contribution in [3.63, 3.8) is 0 Å². The lowest BCUT2D eigenvalue weighted by molar-refractivity contribution is -0.191. The van der Waals surface area contributed by atoms with Gasteiger partial charge in [-0.15, -0.1) is 0 Å². The van der Waals surface area contributed by atoms with E-state index in [0.717, 1.165) is 23.7 Å². The summed E-state index contributed by atoms with van der Waals surface area (Å²) in [6, 6.07) is 18.3. The number of rotatable bonds is 10. The van der Waals surface area contributed by atoms with Gasteiger partial charge < -0.3 is 10.2 Å². The van der Waals surface area contributed by atoms with Crippen LogP contribution in [0.15, 0.2) is 66.7 Å². The molecule has 1 heterocycles. The van der Waals surface area contributed by atoms with Crippen LogP contribution >= 0.6 is 23.2 Å². The number of hydrogen-bond acceptors (Lipinski definition) is 5. The van der Waals surface area contributed by atoms with E-state index < -0.39 is 11.6 Å². The van der Waals surface area contributed by atoms with E-state index in [4.69, 9.17) is 32.8 Å². The molecule has 0 aliphatic carbocycles. The zero-order valence-corrected chi connectivity index (χ0v) is 23.8. The van der Waals surface area contributed by atoms with Gasteiger partial charge in [0.2, 0.25) is 5.91 Å². The van der Waals surface area contributed by atoms with E-state index in [9.17, 15) is 13.6 Å². The van der Waals surface area contributed by atoms with Crippen LogP contribution in [0, 0.1) is 17.6 Å². The molecule has 3 aromatic carbocycles. The average molecular weight is 590 g/mol. The van der Waals surface area contributed by atoms with Crippen molar-refractivity contribution in [3.05, 3.63) is 99.5 Å². The number of hydrogen-bond donors (Lipinski definition) is 1. The number of nitrogens with one attached hydrogen (secondary N) is 1. The minimum Gasteiger partial charge on any atom is -0.316 e. The summed E-state index contributed by atoms with van der Waals surface area (Å²) in [5.41, 5.74) is 2.35. The van der Waals surface area contributed by atoms with Crippen molar-refractivity contribution in [2.24, 2.45) is 5.92 Å². The molecule has 0 saturated carbocycles. The molecular formula is C30H31Cl2F2N3O3. The Balaban J connectivity index is 0.00000141. The van der Waals surface area contributed by atoms with E-state index in [-0.39, 0.29) is 36.3 Å². The molecule has 6 nitrogen and oxygen atoms in total. The topological polar surface area (TPSA) is 69.7 Å². The van der Waals surface area contributed by atoms with Crippen molar-refractivity contribution in [2.45, 2.75) is 32.4 Å². The molecule has 1 saturated heterocycles. The van der Waals surface area contributed by atoms with Crippen LogP contribution in [0.1, 0.15) is 37.4 Å². The maximum Gasteiger partial charge on any atom is 0.373 e. The van der Waals surface area contributed by atoms with Crippen LogP contribution in [0.25, 0.3) is 0 Å². The summed E-state index contributed by atoms with van der Waals surface area (Å²) >= 11 is 12.3. The molecule has 1 aliphatic rings. The lowest BCUT2D eigenvalue weighted by Crippen LogP contribution is -2.62. The number of benzene rings is 3. The second-order valence-electron chi connectivity index (χ2n) is 9.94. The Kier molecular flexibility index (Phi) is 11.8. The van der Waals surface area contributed by atoms with Crippen LogP contribution < -0.4 is 10.2 Å². The van der Waals surface area contributed by atoms with Gasteiger partial charge in [0.25, 0.3) is 0 Å². The highest BCUT2D eigenvalue weighted by atomic mass is 35.5. The first-order valence-corrected chi connectivity index (χ1v) is 13.6. The van der Waals surface area contributed by atoms with Gasteiger partial charge in [-0.2, -0.15) is 9.59 Å². The summed E-state index contributed by atoms with van der Waals surface area (Å²) in [6.45, 7) is 6.57. The molecule has 1 N–H and O–H groups in total. The summed E-state index contributed by atoms with van der Waals surface area (Å²) < 4.78 is 28.2. The van der Waals surface area contributed by atoms with Crippen molar-refractivity contribution in [1.82, 2.24) is 10.2 Å². The van der Waals surface area contributed by atoms with Crippen molar-refractivity contribution in [3.8, 4) is 0 Å². The van der Waals surface area contributed by atoms with Gasteiger partial charge in [-0.1, -0.05) is 61.3 Å². The highest BCUT2D eigenvalue weighted by molar-refractivity contribution is 6.30. The second-order valence-corrected chi connectivity index (χ2v) is 10.8. The van der Waals surface area contributed by atoms with Crippen LogP contribution in [-0.4, -0.2) is 49.2 Å². The Labute approximate surface area is 242 Å². The fourth-order valence-corrected chi connectivity index (χ4v) is 4.96. The highest BCUT2D eigenvalue weighted by Crippen LogP contribution is 2.36. The predicted octanol–water partition coefficient (Wildman–Crippen LogP) is 6.13. The number of likely N-dealkylation sites (tertiary alicyclic amines) is 1. The Morgan fingerprint density at radius 2 is 1.43 bits per heavy atom. The lowest BCUT2D eigenvalue weighted by Gasteiger charge is -2.49. The molecule has 4 rings (SSSR count). The summed E-state index contributed by atoms with van der Waals surface area (Å²) in [7, 11) is 0. The number of carbonyl (C=O) groups excluding carboxylic acids is 3. The van der Waals surface area contributed by atoms with Crippen LogP contribution in [0.3, 0.4) is 0 Å². The fraction of sp³-hybridized carbons (Fsp3) is 0.333. The van der Waals surface area contributed by atoms with Gasteiger partial charge in [-0.05, 0) is 60.0 Å². The largest absolute Gasteiger partial charge is 0.373 e. The first-order chi connectivity index (χ1) is 19.1. The van der Waals surface area contributed by atoms with Gasteiger partial charge in [0.15, 0.2) is 0 Å². The Hall–Kier alpha value is -3.13. The maximum absolute atomic E-state index is 14.1. The van der Waals surface area contributed by atoms with Gasteiger partial charge in [0.05, 0.1) is 12.1 Å². The van der Waals surface area contributed by atoms with Crippen LogP contribution in [-0.2, 0) is 14.4 Å². The van der Waals surface area contributed by atoms with Crippen molar-refractivity contribution in [2.75, 3.05) is 31.1 Å². The van der Waals surface area contributed by atoms with Crippen LogP contribution in [0.2, 0.25) is 10.0 Å². The number of halogens is 4. The normalized spacial score (nSPS) is 13.4. The minimum absolute atomic E-state index is 0.0836. The van der Waals surface area contributed by atoms with E-state index in [1.54, 1.807) is 4.90 Å². The van der Waals surface area contributed by atoms with Gasteiger partial charge in [0.1, 0.15) is 11.6 Å². The number of nitrogens with zero attached hydrogens (tertiary/aromatic N) is 2. The van der Waals surface area contributed by atoms with E-state index >= 15 is 0 Å². The molecule has 0 atom stereocenters. The second kappa shape index (κ2) is 15.0. The molecule has 1 amide bonds. The summed E-state index contributed by atoms with van der Waals surface area (Å²) in [5, 5.41) is 4.57. The Morgan fingerprint density at radius 1 is 0.950 bits per heavy atom. The average Bonchev–Trinajstić information content (AvgIpc) is 2.87. The third-order valence-corrected chi connectivity index (χ3v) is 6.96. The zero-order chi connectivity index (χ0) is 29.2. The van der Waals surface area contributed by atoms with Crippen molar-refractivity contribution < 1.29 is 23.2 Å². The number of carbonyl (C=O) groups is 1. The Morgan fingerprint density at radius 3 is 1.88 bits per heavy atom. The summed E-state index contributed by atoms with van der Waals surface area (Å²) in [6.07, 6.45) is 0.485. The molecule has 1 aliphatic heterocycles. The lowest BCUT2D eigenvalue weighted by atomic mass is 9.92. The molecule has 0 spiro atoms. The fourth-order valence-electron chi connectivity index (χ4n) is 4.71. The summed E-state index contributed by atoms with van der Waals surface area (Å²) in [5.74, 6) is -1.12. The molecule has 0 unspecified atom stereocenters. The van der Waals surface area contributed by atoms with Crippen LogP contribution in [0.4, 0.5) is 14.5 Å². The highest BCUT2D eigenvalue weighted by Gasteiger charge is 2.39. The molecule has 10 heteroatoms. The first kappa shape index (κ1) is 31.4. The maximum atomic E-state index is 14.1. The minimum atomic E-state index is -0.706. The van der Waals surface area contributed by atoms with Gasteiger partial charge in [-0.3, -0.25) is 9.69 Å². The molecule has 1 fully saturated rings.